The third-order valence-electron chi connectivity index (χ3n) is 4.54. The number of nitrogens with two attached hydrogens (primary N) is 1. The summed E-state index contributed by atoms with van der Waals surface area (Å²) < 4.78 is 11.0. The van der Waals surface area contributed by atoms with Crippen molar-refractivity contribution in [3.05, 3.63) is 11.7 Å². The topological polar surface area (TPSA) is 74.2 Å². The van der Waals surface area contributed by atoms with E-state index in [2.05, 4.69) is 10.1 Å². The van der Waals surface area contributed by atoms with E-state index in [1.165, 1.54) is 19.3 Å². The summed E-state index contributed by atoms with van der Waals surface area (Å²) in [5.41, 5.74) is 5.86. The number of rotatable bonds is 3. The largest absolute Gasteiger partial charge is 0.370 e. The summed E-state index contributed by atoms with van der Waals surface area (Å²) in [5, 5.41) is 4.12. The highest BCUT2D eigenvalue weighted by atomic mass is 16.5. The van der Waals surface area contributed by atoms with E-state index < -0.39 is 0 Å². The number of ether oxygens (including phenoxy) is 1. The molecule has 2 saturated carbocycles. The van der Waals surface area contributed by atoms with Gasteiger partial charge in [0.25, 0.3) is 0 Å². The van der Waals surface area contributed by atoms with Crippen molar-refractivity contribution >= 4 is 0 Å². The van der Waals surface area contributed by atoms with E-state index in [4.69, 9.17) is 15.0 Å². The Hall–Kier alpha value is -0.940. The van der Waals surface area contributed by atoms with E-state index in [-0.39, 0.29) is 17.6 Å². The van der Waals surface area contributed by atoms with Gasteiger partial charge in [0.2, 0.25) is 11.7 Å². The lowest BCUT2D eigenvalue weighted by atomic mass is 9.79. The zero-order valence-electron chi connectivity index (χ0n) is 10.9. The average molecular weight is 251 g/mol. The van der Waals surface area contributed by atoms with Crippen molar-refractivity contribution < 1.29 is 9.26 Å². The maximum atomic E-state index is 6.15. The highest BCUT2D eigenvalue weighted by Crippen LogP contribution is 2.43. The molecule has 1 heterocycles. The van der Waals surface area contributed by atoms with Gasteiger partial charge in [-0.25, -0.2) is 0 Å². The van der Waals surface area contributed by atoms with Crippen LogP contribution in [0.25, 0.3) is 0 Å². The van der Waals surface area contributed by atoms with E-state index in [1.54, 1.807) is 7.11 Å². The Morgan fingerprint density at radius 3 is 2.67 bits per heavy atom. The molecule has 5 nitrogen and oxygen atoms in total. The van der Waals surface area contributed by atoms with E-state index in [1.807, 2.05) is 0 Å². The molecule has 2 unspecified atom stereocenters. The zero-order chi connectivity index (χ0) is 12.6. The summed E-state index contributed by atoms with van der Waals surface area (Å²) in [6.07, 6.45) is 7.66. The van der Waals surface area contributed by atoms with Crippen molar-refractivity contribution in [3.63, 3.8) is 0 Å². The molecule has 2 N–H and O–H groups in total. The molecule has 0 spiro atoms. The quantitative estimate of drug-likeness (QED) is 0.890. The lowest BCUT2D eigenvalue weighted by Gasteiger charge is -2.37. The van der Waals surface area contributed by atoms with Crippen LogP contribution in [-0.2, 0) is 10.3 Å². The van der Waals surface area contributed by atoms with Crippen LogP contribution in [-0.4, -0.2) is 23.3 Å². The van der Waals surface area contributed by atoms with E-state index in [9.17, 15) is 0 Å². The fourth-order valence-electron chi connectivity index (χ4n) is 3.05. The molecule has 0 aromatic carbocycles. The number of methoxy groups -OCH3 is 1. The van der Waals surface area contributed by atoms with Crippen molar-refractivity contribution in [1.82, 2.24) is 10.1 Å². The Morgan fingerprint density at radius 1 is 1.28 bits per heavy atom. The number of nitrogens with zero attached hydrogens (tertiary/aromatic N) is 2. The van der Waals surface area contributed by atoms with Gasteiger partial charge in [-0.2, -0.15) is 4.98 Å². The molecule has 0 amide bonds. The molecule has 18 heavy (non-hydrogen) atoms. The first-order chi connectivity index (χ1) is 8.75. The molecular formula is C13H21N3O2. The fraction of sp³-hybridized carbons (Fsp3) is 0.846. The minimum atomic E-state index is -0.291. The molecule has 0 bridgehead atoms. The maximum absolute atomic E-state index is 6.15. The van der Waals surface area contributed by atoms with Gasteiger partial charge in [-0.1, -0.05) is 18.0 Å². The third-order valence-corrected chi connectivity index (χ3v) is 4.54. The maximum Gasteiger partial charge on any atom is 0.231 e. The lowest BCUT2D eigenvalue weighted by Crippen LogP contribution is -2.37. The second-order valence-electron chi connectivity index (χ2n) is 5.56. The fourth-order valence-corrected chi connectivity index (χ4v) is 3.05. The molecule has 0 aliphatic heterocycles. The summed E-state index contributed by atoms with van der Waals surface area (Å²) >= 11 is 0. The molecule has 2 fully saturated rings. The molecule has 0 radical (unpaired) electrons. The Morgan fingerprint density at radius 2 is 2.06 bits per heavy atom. The van der Waals surface area contributed by atoms with Gasteiger partial charge in [0.05, 0.1) is 5.92 Å². The Kier molecular flexibility index (Phi) is 3.11. The van der Waals surface area contributed by atoms with Gasteiger partial charge in [-0.15, -0.1) is 0 Å². The predicted octanol–water partition coefficient (Wildman–Crippen LogP) is 2.08. The minimum Gasteiger partial charge on any atom is -0.370 e. The van der Waals surface area contributed by atoms with Crippen LogP contribution in [0.3, 0.4) is 0 Å². The van der Waals surface area contributed by atoms with Crippen LogP contribution in [0.1, 0.15) is 62.6 Å². The molecule has 2 aliphatic carbocycles. The second kappa shape index (κ2) is 4.63. The third kappa shape index (κ3) is 1.86. The Balaban J connectivity index is 1.80. The molecular weight excluding hydrogens is 230 g/mol. The molecule has 1 aromatic rings. The number of hydrogen-bond acceptors (Lipinski definition) is 5. The predicted molar refractivity (Wildman–Crippen MR) is 66.0 cm³/mol. The summed E-state index contributed by atoms with van der Waals surface area (Å²) in [7, 11) is 1.72. The number of hydrogen-bond donors (Lipinski definition) is 1. The minimum absolute atomic E-state index is 0.159. The van der Waals surface area contributed by atoms with Gasteiger partial charge in [0, 0.05) is 13.2 Å². The molecule has 1 aromatic heterocycles. The van der Waals surface area contributed by atoms with Gasteiger partial charge < -0.3 is 15.0 Å². The standard InChI is InChI=1S/C13H21N3O2/c1-17-13(7-4-8-13)12-15-11(18-16-12)9-5-2-3-6-10(9)14/h9-10H,2-8,14H2,1H3. The van der Waals surface area contributed by atoms with Gasteiger partial charge in [0.15, 0.2) is 0 Å². The molecule has 3 rings (SSSR count). The monoisotopic (exact) mass is 251 g/mol. The van der Waals surface area contributed by atoms with Gasteiger partial charge >= 0.3 is 0 Å². The second-order valence-corrected chi connectivity index (χ2v) is 5.56. The van der Waals surface area contributed by atoms with Crippen LogP contribution < -0.4 is 5.73 Å². The molecule has 2 atom stereocenters. The summed E-state index contributed by atoms with van der Waals surface area (Å²) in [4.78, 5) is 4.57. The van der Waals surface area contributed by atoms with E-state index in [0.29, 0.717) is 11.7 Å². The van der Waals surface area contributed by atoms with Crippen LogP contribution in [0.5, 0.6) is 0 Å². The van der Waals surface area contributed by atoms with Crippen molar-refractivity contribution in [1.29, 1.82) is 0 Å². The molecule has 5 heteroatoms. The van der Waals surface area contributed by atoms with Crippen molar-refractivity contribution in [2.45, 2.75) is 62.5 Å². The summed E-state index contributed by atoms with van der Waals surface area (Å²) in [6, 6.07) is 0.159. The highest BCUT2D eigenvalue weighted by Gasteiger charge is 2.44. The summed E-state index contributed by atoms with van der Waals surface area (Å²) in [5.74, 6) is 1.65. The van der Waals surface area contributed by atoms with Crippen molar-refractivity contribution in [3.8, 4) is 0 Å². The van der Waals surface area contributed by atoms with Crippen molar-refractivity contribution in [2.75, 3.05) is 7.11 Å². The van der Waals surface area contributed by atoms with Gasteiger partial charge in [-0.05, 0) is 32.1 Å². The molecule has 100 valence electrons. The lowest BCUT2D eigenvalue weighted by molar-refractivity contribution is -0.0858. The van der Waals surface area contributed by atoms with E-state index >= 15 is 0 Å². The molecule has 2 aliphatic rings. The first-order valence-corrected chi connectivity index (χ1v) is 6.90. The van der Waals surface area contributed by atoms with Crippen LogP contribution >= 0.6 is 0 Å². The average Bonchev–Trinajstić information content (AvgIpc) is 2.79. The van der Waals surface area contributed by atoms with E-state index in [0.717, 1.165) is 25.7 Å². The van der Waals surface area contributed by atoms with Crippen LogP contribution in [0.15, 0.2) is 4.52 Å². The van der Waals surface area contributed by atoms with Crippen LogP contribution in [0.2, 0.25) is 0 Å². The Bertz CT molecular complexity index is 409. The van der Waals surface area contributed by atoms with Crippen molar-refractivity contribution in [2.24, 2.45) is 5.73 Å². The SMILES string of the molecule is COC1(c2noc(C3CCCCC3N)n2)CCC1. The molecule has 0 saturated heterocycles. The smallest absolute Gasteiger partial charge is 0.231 e. The van der Waals surface area contributed by atoms with Crippen LogP contribution in [0, 0.1) is 0 Å². The zero-order valence-corrected chi connectivity index (χ0v) is 10.9. The van der Waals surface area contributed by atoms with Gasteiger partial charge in [-0.3, -0.25) is 0 Å². The first kappa shape index (κ1) is 12.1. The first-order valence-electron chi connectivity index (χ1n) is 6.90. The van der Waals surface area contributed by atoms with Gasteiger partial charge in [0.1, 0.15) is 5.60 Å². The van der Waals surface area contributed by atoms with Crippen LogP contribution in [0.4, 0.5) is 0 Å². The summed E-state index contributed by atoms with van der Waals surface area (Å²) in [6.45, 7) is 0. The Labute approximate surface area is 107 Å². The number of aromatic nitrogens is 2. The normalized spacial score (nSPS) is 31.0. The highest BCUT2D eigenvalue weighted by molar-refractivity contribution is 5.09.